The van der Waals surface area contributed by atoms with Crippen LogP contribution in [0, 0.1) is 6.42 Å². The molecule has 1 fully saturated rings. The van der Waals surface area contributed by atoms with Gasteiger partial charge in [-0.25, -0.2) is 0 Å². The molecular formula is C8H15O. The van der Waals surface area contributed by atoms with Crippen molar-refractivity contribution in [3.63, 3.8) is 0 Å². The summed E-state index contributed by atoms with van der Waals surface area (Å²) >= 11 is 0. The SMILES string of the molecule is CC[CH]CCC1CCO1. The van der Waals surface area contributed by atoms with E-state index in [9.17, 15) is 0 Å². The largest absolute Gasteiger partial charge is 0.378 e. The number of rotatable bonds is 4. The molecular weight excluding hydrogens is 112 g/mol. The van der Waals surface area contributed by atoms with Crippen molar-refractivity contribution in [3.05, 3.63) is 6.42 Å². The van der Waals surface area contributed by atoms with E-state index in [0.29, 0.717) is 6.10 Å². The zero-order chi connectivity index (χ0) is 6.53. The van der Waals surface area contributed by atoms with Gasteiger partial charge in [0.05, 0.1) is 6.10 Å². The molecule has 0 aromatic rings. The molecule has 0 bridgehead atoms. The van der Waals surface area contributed by atoms with Gasteiger partial charge in [-0.3, -0.25) is 0 Å². The van der Waals surface area contributed by atoms with Crippen LogP contribution in [0.15, 0.2) is 0 Å². The van der Waals surface area contributed by atoms with E-state index in [0.717, 1.165) is 6.61 Å². The molecule has 1 aliphatic rings. The molecule has 0 aromatic heterocycles. The summed E-state index contributed by atoms with van der Waals surface area (Å²) in [6.45, 7) is 3.18. The van der Waals surface area contributed by atoms with E-state index in [4.69, 9.17) is 4.74 Å². The van der Waals surface area contributed by atoms with Crippen LogP contribution in [-0.4, -0.2) is 12.7 Å². The molecule has 1 heteroatoms. The average Bonchev–Trinajstić information content (AvgIpc) is 1.76. The van der Waals surface area contributed by atoms with E-state index < -0.39 is 0 Å². The lowest BCUT2D eigenvalue weighted by atomic mass is 10.1. The molecule has 9 heavy (non-hydrogen) atoms. The molecule has 1 saturated heterocycles. The second-order valence-electron chi connectivity index (χ2n) is 2.56. The molecule has 0 saturated carbocycles. The summed E-state index contributed by atoms with van der Waals surface area (Å²) < 4.78 is 5.26. The molecule has 1 rings (SSSR count). The van der Waals surface area contributed by atoms with Crippen molar-refractivity contribution in [1.82, 2.24) is 0 Å². The average molecular weight is 127 g/mol. The van der Waals surface area contributed by atoms with Gasteiger partial charge in [-0.1, -0.05) is 13.3 Å². The Bertz CT molecular complexity index is 67.0. The van der Waals surface area contributed by atoms with Crippen LogP contribution < -0.4 is 0 Å². The Kier molecular flexibility index (Phi) is 3.05. The van der Waals surface area contributed by atoms with Gasteiger partial charge in [0, 0.05) is 6.61 Å². The first-order chi connectivity index (χ1) is 4.43. The van der Waals surface area contributed by atoms with E-state index in [1.165, 1.54) is 25.7 Å². The molecule has 1 atom stereocenters. The van der Waals surface area contributed by atoms with Crippen LogP contribution in [0.2, 0.25) is 0 Å². The molecule has 1 unspecified atom stereocenters. The zero-order valence-corrected chi connectivity index (χ0v) is 6.10. The maximum Gasteiger partial charge on any atom is 0.0597 e. The third-order valence-electron chi connectivity index (χ3n) is 1.77. The van der Waals surface area contributed by atoms with Crippen LogP contribution in [0.5, 0.6) is 0 Å². The van der Waals surface area contributed by atoms with Crippen molar-refractivity contribution >= 4 is 0 Å². The first-order valence-electron chi connectivity index (χ1n) is 3.86. The number of hydrogen-bond acceptors (Lipinski definition) is 1. The Hall–Kier alpha value is -0.0400. The minimum atomic E-state index is 0.604. The molecule has 1 heterocycles. The normalized spacial score (nSPS) is 25.7. The third kappa shape index (κ3) is 2.35. The van der Waals surface area contributed by atoms with E-state index >= 15 is 0 Å². The van der Waals surface area contributed by atoms with Crippen LogP contribution in [0.25, 0.3) is 0 Å². The van der Waals surface area contributed by atoms with Gasteiger partial charge in [0.1, 0.15) is 0 Å². The topological polar surface area (TPSA) is 9.23 Å². The van der Waals surface area contributed by atoms with Crippen LogP contribution in [0.3, 0.4) is 0 Å². The molecule has 53 valence electrons. The summed E-state index contributed by atoms with van der Waals surface area (Å²) in [7, 11) is 0. The summed E-state index contributed by atoms with van der Waals surface area (Å²) in [5.74, 6) is 0. The maximum atomic E-state index is 5.26. The molecule has 0 aromatic carbocycles. The zero-order valence-electron chi connectivity index (χ0n) is 6.10. The van der Waals surface area contributed by atoms with Gasteiger partial charge >= 0.3 is 0 Å². The monoisotopic (exact) mass is 127 g/mol. The van der Waals surface area contributed by atoms with Gasteiger partial charge in [0.2, 0.25) is 0 Å². The lowest BCUT2D eigenvalue weighted by Gasteiger charge is -2.26. The van der Waals surface area contributed by atoms with Crippen molar-refractivity contribution < 1.29 is 4.74 Å². The predicted octanol–water partition coefficient (Wildman–Crippen LogP) is 2.17. The van der Waals surface area contributed by atoms with Gasteiger partial charge in [0.15, 0.2) is 0 Å². The first kappa shape index (κ1) is 7.07. The highest BCUT2D eigenvalue weighted by atomic mass is 16.5. The van der Waals surface area contributed by atoms with Crippen molar-refractivity contribution in [2.45, 2.75) is 38.7 Å². The standard InChI is InChI=1S/C8H15O/c1-2-3-4-5-8-6-7-9-8/h3,8H,2,4-7H2,1H3. The molecule has 1 aliphatic heterocycles. The molecule has 1 nitrogen and oxygen atoms in total. The summed E-state index contributed by atoms with van der Waals surface area (Å²) in [6.07, 6.45) is 7.90. The lowest BCUT2D eigenvalue weighted by molar-refractivity contribution is -0.0543. The van der Waals surface area contributed by atoms with Gasteiger partial charge in [-0.2, -0.15) is 0 Å². The minimum absolute atomic E-state index is 0.604. The van der Waals surface area contributed by atoms with Crippen molar-refractivity contribution in [2.24, 2.45) is 0 Å². The van der Waals surface area contributed by atoms with E-state index in [1.807, 2.05) is 0 Å². The van der Waals surface area contributed by atoms with Gasteiger partial charge in [-0.05, 0) is 25.7 Å². The summed E-state index contributed by atoms with van der Waals surface area (Å²) in [4.78, 5) is 0. The number of ether oxygens (including phenoxy) is 1. The quantitative estimate of drug-likeness (QED) is 0.526. The van der Waals surface area contributed by atoms with Gasteiger partial charge in [0.25, 0.3) is 0 Å². The van der Waals surface area contributed by atoms with E-state index in [2.05, 4.69) is 13.3 Å². The number of unbranched alkanes of at least 4 members (excludes halogenated alkanes) is 2. The minimum Gasteiger partial charge on any atom is -0.378 e. The van der Waals surface area contributed by atoms with Crippen LogP contribution >= 0.6 is 0 Å². The van der Waals surface area contributed by atoms with Crippen LogP contribution in [0.1, 0.15) is 32.6 Å². The van der Waals surface area contributed by atoms with E-state index in [1.54, 1.807) is 0 Å². The molecule has 0 N–H and O–H groups in total. The third-order valence-corrected chi connectivity index (χ3v) is 1.77. The Balaban J connectivity index is 1.80. The maximum absolute atomic E-state index is 5.26. The van der Waals surface area contributed by atoms with Gasteiger partial charge < -0.3 is 4.74 Å². The molecule has 0 spiro atoms. The molecule has 1 radical (unpaired) electrons. The summed E-state index contributed by atoms with van der Waals surface area (Å²) in [6, 6.07) is 0. The predicted molar refractivity (Wildman–Crippen MR) is 38.2 cm³/mol. The van der Waals surface area contributed by atoms with Crippen LogP contribution in [0.4, 0.5) is 0 Å². The Morgan fingerprint density at radius 2 is 2.44 bits per heavy atom. The Morgan fingerprint density at radius 3 is 2.89 bits per heavy atom. The van der Waals surface area contributed by atoms with Crippen molar-refractivity contribution in [3.8, 4) is 0 Å². The molecule has 0 aliphatic carbocycles. The fourth-order valence-electron chi connectivity index (χ4n) is 1.02. The van der Waals surface area contributed by atoms with E-state index in [-0.39, 0.29) is 0 Å². The fraction of sp³-hybridized carbons (Fsp3) is 0.875. The Morgan fingerprint density at radius 1 is 1.67 bits per heavy atom. The van der Waals surface area contributed by atoms with Crippen molar-refractivity contribution in [1.29, 1.82) is 0 Å². The summed E-state index contributed by atoms with van der Waals surface area (Å²) in [5, 5.41) is 0. The fourth-order valence-corrected chi connectivity index (χ4v) is 1.02. The highest BCUT2D eigenvalue weighted by molar-refractivity contribution is 4.70. The first-order valence-corrected chi connectivity index (χ1v) is 3.86. The Labute approximate surface area is 57.4 Å². The van der Waals surface area contributed by atoms with Crippen molar-refractivity contribution in [2.75, 3.05) is 6.61 Å². The highest BCUT2D eigenvalue weighted by Crippen LogP contribution is 2.17. The second-order valence-corrected chi connectivity index (χ2v) is 2.56. The van der Waals surface area contributed by atoms with Crippen LogP contribution in [-0.2, 0) is 4.74 Å². The number of hydrogen-bond donors (Lipinski definition) is 0. The summed E-state index contributed by atoms with van der Waals surface area (Å²) in [5.41, 5.74) is 0. The second kappa shape index (κ2) is 3.89. The smallest absolute Gasteiger partial charge is 0.0597 e. The highest BCUT2D eigenvalue weighted by Gasteiger charge is 2.16. The van der Waals surface area contributed by atoms with Gasteiger partial charge in [-0.15, -0.1) is 0 Å². The lowest BCUT2D eigenvalue weighted by Crippen LogP contribution is -2.26. The molecule has 0 amide bonds.